The molecule has 1 aromatic heterocycles. The van der Waals surface area contributed by atoms with Crippen molar-refractivity contribution in [3.8, 4) is 5.75 Å². The average molecular weight is 338 g/mol. The van der Waals surface area contributed by atoms with Gasteiger partial charge in [-0.1, -0.05) is 23.7 Å². The van der Waals surface area contributed by atoms with E-state index in [1.165, 1.54) is 18.3 Å². The number of thiophene rings is 1. The molecule has 1 aromatic carbocycles. The van der Waals surface area contributed by atoms with Gasteiger partial charge < -0.3 is 9.64 Å². The van der Waals surface area contributed by atoms with Crippen molar-refractivity contribution in [1.29, 1.82) is 0 Å². The number of carbonyl (C=O) groups excluding carboxylic acids is 2. The molecule has 1 heterocycles. The summed E-state index contributed by atoms with van der Waals surface area (Å²) in [5.74, 6) is 0.329. The minimum atomic E-state index is -0.141. The number of hydrogen-bond acceptors (Lipinski definition) is 4. The van der Waals surface area contributed by atoms with Crippen LogP contribution in [0.4, 0.5) is 0 Å². The molecule has 0 fully saturated rings. The zero-order chi connectivity index (χ0) is 16.1. The smallest absolute Gasteiger partial charge is 0.260 e. The van der Waals surface area contributed by atoms with Crippen LogP contribution in [0.1, 0.15) is 22.2 Å². The Morgan fingerprint density at radius 3 is 2.68 bits per heavy atom. The van der Waals surface area contributed by atoms with Crippen LogP contribution < -0.4 is 4.74 Å². The van der Waals surface area contributed by atoms with Crippen LogP contribution in [0.5, 0.6) is 5.75 Å². The summed E-state index contributed by atoms with van der Waals surface area (Å²) >= 11 is 7.31. The quantitative estimate of drug-likeness (QED) is 0.756. The highest BCUT2D eigenvalue weighted by Gasteiger charge is 2.12. The maximum absolute atomic E-state index is 12.1. The van der Waals surface area contributed by atoms with Gasteiger partial charge in [0.25, 0.3) is 5.91 Å². The fourth-order valence-corrected chi connectivity index (χ4v) is 2.96. The molecule has 0 saturated heterocycles. The van der Waals surface area contributed by atoms with Gasteiger partial charge in [0, 0.05) is 17.5 Å². The zero-order valence-corrected chi connectivity index (χ0v) is 13.9. The Labute approximate surface area is 138 Å². The molecule has 0 unspecified atom stereocenters. The van der Waals surface area contributed by atoms with E-state index in [9.17, 15) is 9.59 Å². The predicted octanol–water partition coefficient (Wildman–Crippen LogP) is 3.64. The van der Waals surface area contributed by atoms with Crippen molar-refractivity contribution < 1.29 is 14.3 Å². The molecule has 22 heavy (non-hydrogen) atoms. The summed E-state index contributed by atoms with van der Waals surface area (Å²) < 4.78 is 6.16. The number of ketones is 1. The molecule has 0 radical (unpaired) electrons. The third kappa shape index (κ3) is 4.58. The number of halogens is 1. The molecular formula is C16H16ClNO3S. The van der Waals surface area contributed by atoms with Crippen molar-refractivity contribution in [3.63, 3.8) is 0 Å². The maximum atomic E-state index is 12.1. The van der Waals surface area contributed by atoms with E-state index in [1.54, 1.807) is 36.2 Å². The molecule has 0 aliphatic rings. The third-order valence-electron chi connectivity index (χ3n) is 3.05. The Kier molecular flexibility index (Phi) is 5.57. The van der Waals surface area contributed by atoms with Crippen molar-refractivity contribution in [2.75, 3.05) is 13.7 Å². The molecule has 116 valence electrons. The van der Waals surface area contributed by atoms with Crippen LogP contribution in [0.25, 0.3) is 0 Å². The summed E-state index contributed by atoms with van der Waals surface area (Å²) in [7, 11) is 1.71. The third-order valence-corrected chi connectivity index (χ3v) is 4.27. The number of likely N-dealkylation sites (N-methyl/N-ethyl adjacent to an activating group) is 1. The highest BCUT2D eigenvalue weighted by atomic mass is 35.5. The van der Waals surface area contributed by atoms with Crippen molar-refractivity contribution >= 4 is 34.6 Å². The van der Waals surface area contributed by atoms with Gasteiger partial charge in [-0.15, -0.1) is 11.3 Å². The summed E-state index contributed by atoms with van der Waals surface area (Å²) in [6.07, 6.45) is 0. The summed E-state index contributed by atoms with van der Waals surface area (Å²) in [5.41, 5.74) is 0.562. The number of nitrogens with zero attached hydrogens (tertiary/aromatic N) is 1. The van der Waals surface area contributed by atoms with Crippen LogP contribution in [0.2, 0.25) is 4.34 Å². The van der Waals surface area contributed by atoms with Crippen LogP contribution >= 0.6 is 22.9 Å². The number of hydrogen-bond donors (Lipinski definition) is 0. The van der Waals surface area contributed by atoms with Crippen LogP contribution in [0.15, 0.2) is 36.4 Å². The Morgan fingerprint density at radius 1 is 1.27 bits per heavy atom. The van der Waals surface area contributed by atoms with E-state index in [1.807, 2.05) is 12.1 Å². The minimum Gasteiger partial charge on any atom is -0.484 e. The van der Waals surface area contributed by atoms with Gasteiger partial charge >= 0.3 is 0 Å². The fourth-order valence-electron chi connectivity index (χ4n) is 1.82. The molecule has 0 spiro atoms. The Balaban J connectivity index is 1.89. The summed E-state index contributed by atoms with van der Waals surface area (Å²) in [4.78, 5) is 26.0. The second kappa shape index (κ2) is 7.42. The Bertz CT molecular complexity index is 684. The SMILES string of the molecule is CC(=O)c1cccc(OCC(=O)N(C)Cc2ccc(Cl)s2)c1. The molecule has 0 N–H and O–H groups in total. The number of amides is 1. The standard InChI is InChI=1S/C16H16ClNO3S/c1-11(19)12-4-3-5-13(8-12)21-10-16(20)18(2)9-14-6-7-15(17)22-14/h3-8H,9-10H2,1-2H3. The van der Waals surface area contributed by atoms with Crippen LogP contribution in [-0.4, -0.2) is 30.2 Å². The molecule has 0 atom stereocenters. The Morgan fingerprint density at radius 2 is 2.05 bits per heavy atom. The largest absolute Gasteiger partial charge is 0.484 e. The predicted molar refractivity (Wildman–Crippen MR) is 87.7 cm³/mol. The molecule has 0 aliphatic heterocycles. The number of ether oxygens (including phenoxy) is 1. The number of carbonyl (C=O) groups is 2. The average Bonchev–Trinajstić information content (AvgIpc) is 2.90. The molecule has 6 heteroatoms. The van der Waals surface area contributed by atoms with Gasteiger partial charge in [0.15, 0.2) is 12.4 Å². The van der Waals surface area contributed by atoms with E-state index in [-0.39, 0.29) is 18.3 Å². The number of rotatable bonds is 6. The molecule has 0 saturated carbocycles. The number of Topliss-reactive ketones (excluding diaryl/α,β-unsaturated/α-hetero) is 1. The van der Waals surface area contributed by atoms with E-state index in [0.29, 0.717) is 22.2 Å². The van der Waals surface area contributed by atoms with Crippen LogP contribution in [0, 0.1) is 0 Å². The number of benzene rings is 1. The first-order valence-electron chi connectivity index (χ1n) is 6.67. The molecule has 0 bridgehead atoms. The van der Waals surface area contributed by atoms with Crippen molar-refractivity contribution in [2.45, 2.75) is 13.5 Å². The van der Waals surface area contributed by atoms with E-state index in [2.05, 4.69) is 0 Å². The van der Waals surface area contributed by atoms with Gasteiger partial charge in [-0.3, -0.25) is 9.59 Å². The molecule has 0 aliphatic carbocycles. The molecular weight excluding hydrogens is 322 g/mol. The summed E-state index contributed by atoms with van der Waals surface area (Å²) in [5, 5.41) is 0. The van der Waals surface area contributed by atoms with Gasteiger partial charge in [0.1, 0.15) is 5.75 Å². The lowest BCUT2D eigenvalue weighted by molar-refractivity contribution is -0.132. The highest BCUT2D eigenvalue weighted by molar-refractivity contribution is 7.16. The normalized spacial score (nSPS) is 10.3. The first-order chi connectivity index (χ1) is 10.5. The first kappa shape index (κ1) is 16.5. The summed E-state index contributed by atoms with van der Waals surface area (Å²) in [6, 6.07) is 10.5. The van der Waals surface area contributed by atoms with E-state index in [0.717, 1.165) is 4.88 Å². The van der Waals surface area contributed by atoms with Gasteiger partial charge in [-0.2, -0.15) is 0 Å². The lowest BCUT2D eigenvalue weighted by atomic mass is 10.1. The van der Waals surface area contributed by atoms with Crippen LogP contribution in [-0.2, 0) is 11.3 Å². The monoisotopic (exact) mass is 337 g/mol. The highest BCUT2D eigenvalue weighted by Crippen LogP contribution is 2.22. The zero-order valence-electron chi connectivity index (χ0n) is 12.3. The van der Waals surface area contributed by atoms with E-state index in [4.69, 9.17) is 16.3 Å². The summed E-state index contributed by atoms with van der Waals surface area (Å²) in [6.45, 7) is 1.91. The van der Waals surface area contributed by atoms with E-state index >= 15 is 0 Å². The van der Waals surface area contributed by atoms with Crippen molar-refractivity contribution in [3.05, 3.63) is 51.2 Å². The second-order valence-electron chi connectivity index (χ2n) is 4.83. The fraction of sp³-hybridized carbons (Fsp3) is 0.250. The lowest BCUT2D eigenvalue weighted by Crippen LogP contribution is -2.30. The maximum Gasteiger partial charge on any atom is 0.260 e. The molecule has 2 aromatic rings. The topological polar surface area (TPSA) is 46.6 Å². The van der Waals surface area contributed by atoms with Crippen LogP contribution in [0.3, 0.4) is 0 Å². The van der Waals surface area contributed by atoms with Gasteiger partial charge in [-0.25, -0.2) is 0 Å². The van der Waals surface area contributed by atoms with Gasteiger partial charge in [0.05, 0.1) is 10.9 Å². The second-order valence-corrected chi connectivity index (χ2v) is 6.63. The molecule has 4 nitrogen and oxygen atoms in total. The molecule has 2 rings (SSSR count). The van der Waals surface area contributed by atoms with Gasteiger partial charge in [-0.05, 0) is 31.2 Å². The Hall–Kier alpha value is -1.85. The lowest BCUT2D eigenvalue weighted by Gasteiger charge is -2.16. The van der Waals surface area contributed by atoms with Crippen molar-refractivity contribution in [1.82, 2.24) is 4.90 Å². The molecule has 1 amide bonds. The van der Waals surface area contributed by atoms with Gasteiger partial charge in [0.2, 0.25) is 0 Å². The van der Waals surface area contributed by atoms with Crippen molar-refractivity contribution in [2.24, 2.45) is 0 Å². The minimum absolute atomic E-state index is 0.0385. The van der Waals surface area contributed by atoms with E-state index < -0.39 is 0 Å². The first-order valence-corrected chi connectivity index (χ1v) is 7.87.